The maximum atomic E-state index is 11.5. The summed E-state index contributed by atoms with van der Waals surface area (Å²) >= 11 is 0. The van der Waals surface area contributed by atoms with Crippen LogP contribution < -0.4 is 0 Å². The minimum absolute atomic E-state index is 0.208. The van der Waals surface area contributed by atoms with E-state index in [4.69, 9.17) is 4.74 Å². The van der Waals surface area contributed by atoms with Gasteiger partial charge in [-0.25, -0.2) is 0 Å². The Morgan fingerprint density at radius 3 is 2.94 bits per heavy atom. The zero-order chi connectivity index (χ0) is 13.4. The van der Waals surface area contributed by atoms with Gasteiger partial charge >= 0.3 is 5.97 Å². The van der Waals surface area contributed by atoms with Crippen LogP contribution in [-0.2, 0) is 16.1 Å². The maximum Gasteiger partial charge on any atom is 0.320 e. The number of carbonyl (C=O) groups excluding carboxylic acids is 1. The topological polar surface area (TPSA) is 42.4 Å². The molecule has 1 aromatic rings. The number of carbonyl (C=O) groups is 1. The molecule has 0 saturated carbocycles. The number of hydrogen-bond donors (Lipinski definition) is 0. The minimum atomic E-state index is -0.208. The summed E-state index contributed by atoms with van der Waals surface area (Å²) in [5, 5.41) is 0. The summed E-state index contributed by atoms with van der Waals surface area (Å²) in [5.74, 6) is -0.208. The van der Waals surface area contributed by atoms with Crippen molar-refractivity contribution in [2.45, 2.75) is 20.4 Å². The summed E-state index contributed by atoms with van der Waals surface area (Å²) in [6, 6.07) is 2.06. The molecule has 0 atom stereocenters. The number of esters is 1. The van der Waals surface area contributed by atoms with Gasteiger partial charge in [-0.1, -0.05) is 12.1 Å². The fraction of sp³-hybridized carbons (Fsp3) is 0.429. The van der Waals surface area contributed by atoms with E-state index in [1.54, 1.807) is 13.0 Å². The molecule has 0 unspecified atom stereocenters. The number of hydrogen-bond acceptors (Lipinski definition) is 4. The Kier molecular flexibility index (Phi) is 6.08. The monoisotopic (exact) mass is 248 g/mol. The molecule has 0 aromatic carbocycles. The lowest BCUT2D eigenvalue weighted by molar-refractivity contribution is -0.144. The largest absolute Gasteiger partial charge is 0.465 e. The zero-order valence-corrected chi connectivity index (χ0v) is 11.1. The van der Waals surface area contributed by atoms with Gasteiger partial charge < -0.3 is 4.74 Å². The summed E-state index contributed by atoms with van der Waals surface area (Å²) in [7, 11) is 0. The highest BCUT2D eigenvalue weighted by Crippen LogP contribution is 2.06. The molecule has 0 spiro atoms. The Labute approximate surface area is 108 Å². The summed E-state index contributed by atoms with van der Waals surface area (Å²) in [4.78, 5) is 17.6. The molecule has 1 aromatic heterocycles. The van der Waals surface area contributed by atoms with Gasteiger partial charge in [0.25, 0.3) is 0 Å². The van der Waals surface area contributed by atoms with E-state index >= 15 is 0 Å². The van der Waals surface area contributed by atoms with Crippen LogP contribution in [0.5, 0.6) is 0 Å². The molecule has 0 radical (unpaired) electrons. The van der Waals surface area contributed by atoms with Crippen LogP contribution in [0.15, 0.2) is 31.1 Å². The second-order valence-corrected chi connectivity index (χ2v) is 4.13. The van der Waals surface area contributed by atoms with Gasteiger partial charge in [0.15, 0.2) is 0 Å². The third-order valence-corrected chi connectivity index (χ3v) is 2.38. The molecule has 4 nitrogen and oxygen atoms in total. The highest BCUT2D eigenvalue weighted by Gasteiger charge is 2.11. The summed E-state index contributed by atoms with van der Waals surface area (Å²) < 4.78 is 4.95. The van der Waals surface area contributed by atoms with Crippen molar-refractivity contribution in [1.29, 1.82) is 0 Å². The lowest BCUT2D eigenvalue weighted by atomic mass is 10.2. The van der Waals surface area contributed by atoms with Gasteiger partial charge in [0, 0.05) is 25.5 Å². The normalized spacial score (nSPS) is 10.4. The SMILES string of the molecule is C=CCN(CC(=O)OCC)Cc1cncc(C)c1. The predicted molar refractivity (Wildman–Crippen MR) is 71.1 cm³/mol. The Hall–Kier alpha value is -1.68. The van der Waals surface area contributed by atoms with Gasteiger partial charge in [-0.3, -0.25) is 14.7 Å². The van der Waals surface area contributed by atoms with E-state index in [1.807, 2.05) is 24.2 Å². The molecule has 4 heteroatoms. The number of aromatic nitrogens is 1. The molecule has 0 amide bonds. The van der Waals surface area contributed by atoms with Crippen LogP contribution in [0.2, 0.25) is 0 Å². The first-order chi connectivity index (χ1) is 8.65. The van der Waals surface area contributed by atoms with Crippen molar-refractivity contribution < 1.29 is 9.53 Å². The second-order valence-electron chi connectivity index (χ2n) is 4.13. The van der Waals surface area contributed by atoms with Crippen molar-refractivity contribution in [1.82, 2.24) is 9.88 Å². The van der Waals surface area contributed by atoms with E-state index in [0.29, 0.717) is 19.7 Å². The predicted octanol–water partition coefficient (Wildman–Crippen LogP) is 1.94. The van der Waals surface area contributed by atoms with E-state index in [-0.39, 0.29) is 12.5 Å². The van der Waals surface area contributed by atoms with E-state index < -0.39 is 0 Å². The molecular weight excluding hydrogens is 228 g/mol. The fourth-order valence-electron chi connectivity index (χ4n) is 1.72. The zero-order valence-electron chi connectivity index (χ0n) is 11.1. The number of pyridine rings is 1. The molecule has 18 heavy (non-hydrogen) atoms. The van der Waals surface area contributed by atoms with E-state index in [0.717, 1.165) is 11.1 Å². The van der Waals surface area contributed by atoms with Crippen LogP contribution in [0, 0.1) is 6.92 Å². The molecule has 0 N–H and O–H groups in total. The second kappa shape index (κ2) is 7.61. The third-order valence-electron chi connectivity index (χ3n) is 2.38. The molecule has 0 bridgehead atoms. The Morgan fingerprint density at radius 2 is 2.33 bits per heavy atom. The van der Waals surface area contributed by atoms with E-state index in [9.17, 15) is 4.79 Å². The fourth-order valence-corrected chi connectivity index (χ4v) is 1.72. The van der Waals surface area contributed by atoms with Crippen LogP contribution in [0.1, 0.15) is 18.1 Å². The number of ether oxygens (including phenoxy) is 1. The van der Waals surface area contributed by atoms with Crippen molar-refractivity contribution in [2.75, 3.05) is 19.7 Å². The molecule has 98 valence electrons. The summed E-state index contributed by atoms with van der Waals surface area (Å²) in [6.45, 7) is 9.50. The molecule has 0 aliphatic heterocycles. The number of aryl methyl sites for hydroxylation is 1. The van der Waals surface area contributed by atoms with E-state index in [1.165, 1.54) is 0 Å². The summed E-state index contributed by atoms with van der Waals surface area (Å²) in [5.41, 5.74) is 2.20. The van der Waals surface area contributed by atoms with Crippen molar-refractivity contribution in [2.24, 2.45) is 0 Å². The molecule has 1 heterocycles. The Bertz CT molecular complexity index is 405. The van der Waals surface area contributed by atoms with Crippen LogP contribution in [-0.4, -0.2) is 35.5 Å². The van der Waals surface area contributed by atoms with E-state index in [2.05, 4.69) is 17.6 Å². The Morgan fingerprint density at radius 1 is 1.56 bits per heavy atom. The Balaban J connectivity index is 2.62. The van der Waals surface area contributed by atoms with Crippen LogP contribution in [0.25, 0.3) is 0 Å². The summed E-state index contributed by atoms with van der Waals surface area (Å²) in [6.07, 6.45) is 5.41. The van der Waals surface area contributed by atoms with Gasteiger partial charge in [0.1, 0.15) is 0 Å². The molecule has 0 fully saturated rings. The van der Waals surface area contributed by atoms with Gasteiger partial charge in [-0.15, -0.1) is 6.58 Å². The molecule has 1 rings (SSSR count). The first-order valence-corrected chi connectivity index (χ1v) is 6.05. The number of nitrogens with zero attached hydrogens (tertiary/aromatic N) is 2. The first kappa shape index (κ1) is 14.4. The van der Waals surface area contributed by atoms with Crippen LogP contribution in [0.4, 0.5) is 0 Å². The van der Waals surface area contributed by atoms with Crippen LogP contribution >= 0.6 is 0 Å². The van der Waals surface area contributed by atoms with Crippen molar-refractivity contribution in [3.63, 3.8) is 0 Å². The van der Waals surface area contributed by atoms with Crippen LogP contribution in [0.3, 0.4) is 0 Å². The standard InChI is InChI=1S/C14H20N2O2/c1-4-6-16(11-14(17)18-5-2)10-13-7-12(3)8-15-9-13/h4,7-9H,1,5-6,10-11H2,2-3H3. The highest BCUT2D eigenvalue weighted by atomic mass is 16.5. The average molecular weight is 248 g/mol. The van der Waals surface area contributed by atoms with Gasteiger partial charge in [0.2, 0.25) is 0 Å². The van der Waals surface area contributed by atoms with Gasteiger partial charge in [-0.2, -0.15) is 0 Å². The van der Waals surface area contributed by atoms with Crippen molar-refractivity contribution in [3.8, 4) is 0 Å². The maximum absolute atomic E-state index is 11.5. The number of rotatable bonds is 7. The van der Waals surface area contributed by atoms with Crippen molar-refractivity contribution >= 4 is 5.97 Å². The molecular formula is C14H20N2O2. The minimum Gasteiger partial charge on any atom is -0.465 e. The van der Waals surface area contributed by atoms with Crippen molar-refractivity contribution in [3.05, 3.63) is 42.2 Å². The highest BCUT2D eigenvalue weighted by molar-refractivity contribution is 5.71. The lowest BCUT2D eigenvalue weighted by Crippen LogP contribution is -2.30. The molecule has 0 saturated heterocycles. The smallest absolute Gasteiger partial charge is 0.320 e. The average Bonchev–Trinajstić information content (AvgIpc) is 2.29. The quantitative estimate of drug-likeness (QED) is 0.546. The third kappa shape index (κ3) is 5.10. The molecule has 0 aliphatic carbocycles. The lowest BCUT2D eigenvalue weighted by Gasteiger charge is -2.19. The van der Waals surface area contributed by atoms with Gasteiger partial charge in [0.05, 0.1) is 13.2 Å². The first-order valence-electron chi connectivity index (χ1n) is 6.05. The van der Waals surface area contributed by atoms with Gasteiger partial charge in [-0.05, 0) is 25.0 Å². The molecule has 0 aliphatic rings.